The van der Waals surface area contributed by atoms with Crippen LogP contribution in [0.2, 0.25) is 5.04 Å². The van der Waals surface area contributed by atoms with Crippen LogP contribution in [-0.2, 0) is 18.7 Å². The average Bonchev–Trinajstić information content (AvgIpc) is 2.97. The highest BCUT2D eigenvalue weighted by atomic mass is 28.4. The van der Waals surface area contributed by atoms with Gasteiger partial charge in [-0.1, -0.05) is 107 Å². The molecular weight excluding hydrogens is 530 g/mol. The Morgan fingerprint density at radius 2 is 1.61 bits per heavy atom. The van der Waals surface area contributed by atoms with Gasteiger partial charge in [0.1, 0.15) is 0 Å². The summed E-state index contributed by atoms with van der Waals surface area (Å²) < 4.78 is 17.8. The molecule has 41 heavy (non-hydrogen) atoms. The van der Waals surface area contributed by atoms with E-state index in [1.165, 1.54) is 23.6 Å². The van der Waals surface area contributed by atoms with Crippen molar-refractivity contribution in [3.8, 4) is 0 Å². The SMILES string of the molecule is C=C[C@@H]1C[C@@H](CCC)[C@@H](CO[Si](c2ccccc2)(c2ccccc2)C(C)(C)C)N(C(=O)OC)[C@H]1/C=C/C(=O)OCC. The standard InChI is InChI=1S/C34H47NO5Si/c1-8-17-27-24-26(9-2)30(22-23-32(36)39-10-3)35(33(37)38-7)31(27)25-40-41(34(4,5)6,28-18-13-11-14-19-28)29-20-15-12-16-21-29/h9,11-16,18-23,26-27,30-31H,2,8,10,17,24-25H2,1,3-7H3/b23-22+/t26-,27-,30+,31-/m1/s1. The van der Waals surface area contributed by atoms with Gasteiger partial charge in [0.2, 0.25) is 0 Å². The van der Waals surface area contributed by atoms with E-state index < -0.39 is 26.4 Å². The fourth-order valence-electron chi connectivity index (χ4n) is 6.37. The number of nitrogens with zero attached hydrogens (tertiary/aromatic N) is 1. The van der Waals surface area contributed by atoms with Crippen LogP contribution in [0.4, 0.5) is 4.79 Å². The lowest BCUT2D eigenvalue weighted by Gasteiger charge is -2.50. The van der Waals surface area contributed by atoms with E-state index in [1.54, 1.807) is 17.9 Å². The normalized spacial score (nSPS) is 21.5. The molecule has 0 aromatic heterocycles. The van der Waals surface area contributed by atoms with Crippen molar-refractivity contribution >= 4 is 30.8 Å². The van der Waals surface area contributed by atoms with E-state index >= 15 is 0 Å². The van der Waals surface area contributed by atoms with Gasteiger partial charge in [-0.25, -0.2) is 9.59 Å². The number of methoxy groups -OCH3 is 1. The van der Waals surface area contributed by atoms with Crippen molar-refractivity contribution in [2.24, 2.45) is 11.8 Å². The summed E-state index contributed by atoms with van der Waals surface area (Å²) in [5, 5.41) is 2.18. The Hall–Kier alpha value is -3.16. The highest BCUT2D eigenvalue weighted by molar-refractivity contribution is 6.99. The molecule has 0 aliphatic carbocycles. The fraction of sp³-hybridized carbons (Fsp3) is 0.471. The second kappa shape index (κ2) is 14.6. The highest BCUT2D eigenvalue weighted by Crippen LogP contribution is 2.40. The fourth-order valence-corrected chi connectivity index (χ4v) is 10.9. The summed E-state index contributed by atoms with van der Waals surface area (Å²) in [5.74, 6) is -0.302. The summed E-state index contributed by atoms with van der Waals surface area (Å²) in [5.41, 5.74) is 0. The van der Waals surface area contributed by atoms with Crippen LogP contribution < -0.4 is 10.4 Å². The molecule has 1 amide bonds. The first-order valence-electron chi connectivity index (χ1n) is 14.7. The zero-order valence-corrected chi connectivity index (χ0v) is 26.5. The molecule has 0 saturated carbocycles. The predicted octanol–water partition coefficient (Wildman–Crippen LogP) is 6.11. The summed E-state index contributed by atoms with van der Waals surface area (Å²) >= 11 is 0. The number of ether oxygens (including phenoxy) is 2. The lowest BCUT2D eigenvalue weighted by Crippen LogP contribution is -2.68. The second-order valence-corrected chi connectivity index (χ2v) is 16.0. The van der Waals surface area contributed by atoms with E-state index in [0.29, 0.717) is 6.61 Å². The number of rotatable bonds is 11. The summed E-state index contributed by atoms with van der Waals surface area (Å²) in [7, 11) is -1.44. The number of carbonyl (C=O) groups is 2. The molecule has 1 aliphatic rings. The van der Waals surface area contributed by atoms with Gasteiger partial charge in [0.25, 0.3) is 8.32 Å². The molecule has 2 aromatic carbocycles. The molecule has 1 heterocycles. The zero-order chi connectivity index (χ0) is 30.0. The first kappa shape index (κ1) is 32.4. The van der Waals surface area contributed by atoms with E-state index in [2.05, 4.69) is 82.8 Å². The molecule has 0 radical (unpaired) electrons. The molecule has 7 heteroatoms. The Morgan fingerprint density at radius 3 is 2.07 bits per heavy atom. The van der Waals surface area contributed by atoms with Gasteiger partial charge in [-0.3, -0.25) is 4.90 Å². The van der Waals surface area contributed by atoms with Gasteiger partial charge >= 0.3 is 12.1 Å². The van der Waals surface area contributed by atoms with Crippen LogP contribution in [0.25, 0.3) is 0 Å². The number of likely N-dealkylation sites (tertiary alicyclic amines) is 1. The van der Waals surface area contributed by atoms with Gasteiger partial charge in [0, 0.05) is 12.0 Å². The van der Waals surface area contributed by atoms with Crippen molar-refractivity contribution in [3.63, 3.8) is 0 Å². The Morgan fingerprint density at radius 1 is 1.02 bits per heavy atom. The number of benzene rings is 2. The number of carbonyl (C=O) groups excluding carboxylic acids is 2. The Labute approximate surface area is 247 Å². The molecule has 1 fully saturated rings. The lowest BCUT2D eigenvalue weighted by atomic mass is 9.76. The Kier molecular flexibility index (Phi) is 11.6. The van der Waals surface area contributed by atoms with Crippen LogP contribution in [0.5, 0.6) is 0 Å². The van der Waals surface area contributed by atoms with Crippen LogP contribution in [0.3, 0.4) is 0 Å². The van der Waals surface area contributed by atoms with Gasteiger partial charge in [0.15, 0.2) is 0 Å². The number of hydrogen-bond acceptors (Lipinski definition) is 5. The molecule has 0 unspecified atom stereocenters. The molecule has 0 spiro atoms. The van der Waals surface area contributed by atoms with Crippen LogP contribution >= 0.6 is 0 Å². The third kappa shape index (κ3) is 7.19. The van der Waals surface area contributed by atoms with Crippen LogP contribution in [-0.4, -0.2) is 57.7 Å². The minimum atomic E-state index is -2.85. The maximum Gasteiger partial charge on any atom is 0.410 e. The maximum absolute atomic E-state index is 13.5. The molecule has 1 aliphatic heterocycles. The number of esters is 1. The van der Waals surface area contributed by atoms with Crippen molar-refractivity contribution < 1.29 is 23.5 Å². The summed E-state index contributed by atoms with van der Waals surface area (Å²) in [6, 6.07) is 20.4. The molecule has 0 bridgehead atoms. The largest absolute Gasteiger partial charge is 0.463 e. The zero-order valence-electron chi connectivity index (χ0n) is 25.5. The quantitative estimate of drug-likeness (QED) is 0.140. The third-order valence-electron chi connectivity index (χ3n) is 8.19. The van der Waals surface area contributed by atoms with Crippen molar-refractivity contribution in [1.29, 1.82) is 0 Å². The van der Waals surface area contributed by atoms with E-state index in [9.17, 15) is 9.59 Å². The molecule has 222 valence electrons. The molecule has 3 rings (SSSR count). The monoisotopic (exact) mass is 577 g/mol. The molecule has 4 atom stereocenters. The summed E-state index contributed by atoms with van der Waals surface area (Å²) in [4.78, 5) is 27.6. The van der Waals surface area contributed by atoms with Gasteiger partial charge in [-0.2, -0.15) is 0 Å². The second-order valence-electron chi connectivity index (χ2n) is 11.7. The lowest BCUT2D eigenvalue weighted by molar-refractivity contribution is -0.137. The Balaban J connectivity index is 2.13. The van der Waals surface area contributed by atoms with Crippen LogP contribution in [0.1, 0.15) is 53.9 Å². The van der Waals surface area contributed by atoms with E-state index in [4.69, 9.17) is 13.9 Å². The predicted molar refractivity (Wildman–Crippen MR) is 168 cm³/mol. The molecule has 1 saturated heterocycles. The Bertz CT molecular complexity index is 1120. The molecule has 0 N–H and O–H groups in total. The van der Waals surface area contributed by atoms with Crippen LogP contribution in [0.15, 0.2) is 85.5 Å². The van der Waals surface area contributed by atoms with Crippen molar-refractivity contribution in [3.05, 3.63) is 85.5 Å². The molecular formula is C34H47NO5Si. The highest BCUT2D eigenvalue weighted by Gasteiger charge is 2.52. The van der Waals surface area contributed by atoms with E-state index in [0.717, 1.165) is 19.3 Å². The summed E-state index contributed by atoms with van der Waals surface area (Å²) in [6.45, 7) is 15.4. The number of amides is 1. The topological polar surface area (TPSA) is 65.1 Å². The third-order valence-corrected chi connectivity index (χ3v) is 13.2. The first-order chi connectivity index (χ1) is 19.6. The average molecular weight is 578 g/mol. The minimum Gasteiger partial charge on any atom is -0.463 e. The van der Waals surface area contributed by atoms with Gasteiger partial charge in [-0.15, -0.1) is 6.58 Å². The van der Waals surface area contributed by atoms with Gasteiger partial charge < -0.3 is 13.9 Å². The molecule has 2 aromatic rings. The van der Waals surface area contributed by atoms with Crippen molar-refractivity contribution in [2.75, 3.05) is 20.3 Å². The maximum atomic E-state index is 13.5. The van der Waals surface area contributed by atoms with E-state index in [-0.39, 0.29) is 29.5 Å². The van der Waals surface area contributed by atoms with Crippen LogP contribution in [0, 0.1) is 11.8 Å². The molecule has 6 nitrogen and oxygen atoms in total. The minimum absolute atomic E-state index is 0.0413. The van der Waals surface area contributed by atoms with E-state index in [1.807, 2.05) is 18.2 Å². The van der Waals surface area contributed by atoms with Gasteiger partial charge in [-0.05, 0) is 41.1 Å². The smallest absolute Gasteiger partial charge is 0.410 e. The number of piperidine rings is 1. The summed E-state index contributed by atoms with van der Waals surface area (Å²) in [6.07, 6.45) is 7.37. The van der Waals surface area contributed by atoms with Crippen molar-refractivity contribution in [2.45, 2.75) is 71.0 Å². The number of hydrogen-bond donors (Lipinski definition) is 0. The van der Waals surface area contributed by atoms with Gasteiger partial charge in [0.05, 0.1) is 32.4 Å². The van der Waals surface area contributed by atoms with Crippen molar-refractivity contribution in [1.82, 2.24) is 4.90 Å². The first-order valence-corrected chi connectivity index (χ1v) is 16.6.